The van der Waals surface area contributed by atoms with E-state index < -0.39 is 0 Å². The van der Waals surface area contributed by atoms with Gasteiger partial charge in [-0.25, -0.2) is 0 Å². The van der Waals surface area contributed by atoms with E-state index in [9.17, 15) is 0 Å². The minimum absolute atomic E-state index is 0.337. The summed E-state index contributed by atoms with van der Waals surface area (Å²) in [4.78, 5) is 0. The lowest BCUT2D eigenvalue weighted by atomic mass is 10.2. The first-order chi connectivity index (χ1) is 5.93. The van der Waals surface area contributed by atoms with Gasteiger partial charge < -0.3 is 14.8 Å². The van der Waals surface area contributed by atoms with Gasteiger partial charge in [0, 0.05) is 6.54 Å². The molecule has 0 saturated carbocycles. The zero-order valence-electron chi connectivity index (χ0n) is 7.42. The second kappa shape index (κ2) is 6.17. The van der Waals surface area contributed by atoms with Crippen molar-refractivity contribution in [3.63, 3.8) is 0 Å². The van der Waals surface area contributed by atoms with Crippen molar-refractivity contribution in [1.29, 1.82) is 0 Å². The summed E-state index contributed by atoms with van der Waals surface area (Å²) in [5.41, 5.74) is 0. The molecule has 1 aliphatic heterocycles. The van der Waals surface area contributed by atoms with E-state index >= 15 is 0 Å². The molecule has 1 fully saturated rings. The average molecular weight is 171 g/mol. The maximum absolute atomic E-state index is 5.35. The highest BCUT2D eigenvalue weighted by Crippen LogP contribution is 2.04. The summed E-state index contributed by atoms with van der Waals surface area (Å²) in [6.07, 6.45) is 4.27. The molecule has 1 aliphatic rings. The van der Waals surface area contributed by atoms with Crippen LogP contribution in [0.25, 0.3) is 0 Å². The van der Waals surface area contributed by atoms with Gasteiger partial charge in [-0.3, -0.25) is 0 Å². The van der Waals surface area contributed by atoms with Gasteiger partial charge in [-0.2, -0.15) is 0 Å². The molecule has 0 radical (unpaired) electrons. The molecule has 0 bridgehead atoms. The Balaban J connectivity index is 1.94. The maximum atomic E-state index is 5.35. The maximum Gasteiger partial charge on any atom is 0.147 e. The molecule has 0 amide bonds. The third-order valence-electron chi connectivity index (χ3n) is 1.87. The summed E-state index contributed by atoms with van der Waals surface area (Å²) >= 11 is 0. The molecular weight excluding hydrogens is 154 g/mol. The number of ether oxygens (including phenoxy) is 2. The quantitative estimate of drug-likeness (QED) is 0.493. The lowest BCUT2D eigenvalue weighted by Gasteiger charge is -2.22. The average Bonchev–Trinajstić information content (AvgIpc) is 2.14. The van der Waals surface area contributed by atoms with Crippen LogP contribution in [0.1, 0.15) is 12.8 Å². The lowest BCUT2D eigenvalue weighted by molar-refractivity contribution is -0.137. The lowest BCUT2D eigenvalue weighted by Crippen LogP contribution is -2.34. The van der Waals surface area contributed by atoms with E-state index in [0.29, 0.717) is 12.9 Å². The van der Waals surface area contributed by atoms with Gasteiger partial charge in [0.2, 0.25) is 0 Å². The zero-order chi connectivity index (χ0) is 8.65. The van der Waals surface area contributed by atoms with Crippen LogP contribution in [0.3, 0.4) is 0 Å². The minimum atomic E-state index is 0.337. The summed E-state index contributed by atoms with van der Waals surface area (Å²) in [7, 11) is 0. The minimum Gasteiger partial charge on any atom is -0.355 e. The summed E-state index contributed by atoms with van der Waals surface area (Å²) in [6.45, 7) is 6.85. The molecule has 0 aromatic carbocycles. The number of hydrogen-bond acceptors (Lipinski definition) is 3. The van der Waals surface area contributed by atoms with E-state index in [1.807, 2.05) is 6.08 Å². The smallest absolute Gasteiger partial charge is 0.147 e. The Kier molecular flexibility index (Phi) is 4.99. The highest BCUT2D eigenvalue weighted by Gasteiger charge is 2.12. The monoisotopic (exact) mass is 171 g/mol. The summed E-state index contributed by atoms with van der Waals surface area (Å²) in [6, 6.07) is 0. The van der Waals surface area contributed by atoms with E-state index in [1.165, 1.54) is 0 Å². The van der Waals surface area contributed by atoms with E-state index in [0.717, 1.165) is 32.5 Å². The van der Waals surface area contributed by atoms with Crippen LogP contribution >= 0.6 is 0 Å². The van der Waals surface area contributed by atoms with Gasteiger partial charge >= 0.3 is 0 Å². The van der Waals surface area contributed by atoms with Crippen LogP contribution in [0.2, 0.25) is 0 Å². The van der Waals surface area contributed by atoms with Gasteiger partial charge in [-0.05, 0) is 19.4 Å². The molecule has 3 nitrogen and oxygen atoms in total. The molecule has 1 heterocycles. The fourth-order valence-corrected chi connectivity index (χ4v) is 1.13. The van der Waals surface area contributed by atoms with Crippen LogP contribution in [-0.2, 0) is 9.47 Å². The first-order valence-corrected chi connectivity index (χ1v) is 4.44. The van der Waals surface area contributed by atoms with Gasteiger partial charge in [0.1, 0.15) is 6.79 Å². The summed E-state index contributed by atoms with van der Waals surface area (Å²) in [5, 5.41) is 3.30. The molecule has 1 N–H and O–H groups in total. The van der Waals surface area contributed by atoms with Gasteiger partial charge in [0.15, 0.2) is 0 Å². The highest BCUT2D eigenvalue weighted by atomic mass is 16.7. The molecule has 0 aromatic heterocycles. The molecule has 0 aromatic rings. The largest absolute Gasteiger partial charge is 0.355 e. The standard InChI is InChI=1S/C9H17NO2/c1-2-3-5-10-7-9-4-6-11-8-12-9/h2,9-10H,1,3-8H2. The fraction of sp³-hybridized carbons (Fsp3) is 0.778. The predicted octanol–water partition coefficient (Wildman–Crippen LogP) is 0.915. The van der Waals surface area contributed by atoms with Crippen molar-refractivity contribution in [3.05, 3.63) is 12.7 Å². The highest BCUT2D eigenvalue weighted by molar-refractivity contribution is 4.69. The van der Waals surface area contributed by atoms with Gasteiger partial charge in [-0.1, -0.05) is 6.08 Å². The first kappa shape index (κ1) is 9.71. The Bertz CT molecular complexity index is 122. The van der Waals surface area contributed by atoms with Crippen molar-refractivity contribution in [1.82, 2.24) is 5.32 Å². The van der Waals surface area contributed by atoms with Crippen LogP contribution in [-0.4, -0.2) is 32.6 Å². The Morgan fingerprint density at radius 2 is 2.50 bits per heavy atom. The molecule has 1 rings (SSSR count). The second-order valence-corrected chi connectivity index (χ2v) is 2.88. The summed E-state index contributed by atoms with van der Waals surface area (Å²) < 4.78 is 10.4. The van der Waals surface area contributed by atoms with Crippen molar-refractivity contribution < 1.29 is 9.47 Å². The second-order valence-electron chi connectivity index (χ2n) is 2.88. The van der Waals surface area contributed by atoms with Crippen molar-refractivity contribution in [2.75, 3.05) is 26.5 Å². The molecule has 3 heteroatoms. The molecule has 0 aliphatic carbocycles. The van der Waals surface area contributed by atoms with Gasteiger partial charge in [0.25, 0.3) is 0 Å². The Labute approximate surface area is 73.7 Å². The molecular formula is C9H17NO2. The molecule has 70 valence electrons. The molecule has 0 spiro atoms. The van der Waals surface area contributed by atoms with Crippen molar-refractivity contribution >= 4 is 0 Å². The zero-order valence-corrected chi connectivity index (χ0v) is 7.42. The molecule has 1 unspecified atom stereocenters. The Morgan fingerprint density at radius 3 is 3.17 bits per heavy atom. The number of nitrogens with one attached hydrogen (secondary N) is 1. The van der Waals surface area contributed by atoms with E-state index in [4.69, 9.17) is 9.47 Å². The molecule has 1 atom stereocenters. The van der Waals surface area contributed by atoms with Crippen LogP contribution in [0, 0.1) is 0 Å². The topological polar surface area (TPSA) is 30.5 Å². The van der Waals surface area contributed by atoms with Crippen LogP contribution in [0.5, 0.6) is 0 Å². The van der Waals surface area contributed by atoms with Crippen molar-refractivity contribution in [2.45, 2.75) is 18.9 Å². The summed E-state index contributed by atoms with van der Waals surface area (Å²) in [5.74, 6) is 0. The predicted molar refractivity (Wildman–Crippen MR) is 48.0 cm³/mol. The van der Waals surface area contributed by atoms with Crippen LogP contribution in [0.15, 0.2) is 12.7 Å². The van der Waals surface area contributed by atoms with Crippen LogP contribution in [0.4, 0.5) is 0 Å². The SMILES string of the molecule is C=CCCNCC1CCOCO1. The van der Waals surface area contributed by atoms with E-state index in [2.05, 4.69) is 11.9 Å². The molecule has 1 saturated heterocycles. The number of rotatable bonds is 5. The van der Waals surface area contributed by atoms with Crippen molar-refractivity contribution in [2.24, 2.45) is 0 Å². The Hall–Kier alpha value is -0.380. The van der Waals surface area contributed by atoms with Gasteiger partial charge in [-0.15, -0.1) is 6.58 Å². The third kappa shape index (κ3) is 3.85. The Morgan fingerprint density at radius 1 is 1.58 bits per heavy atom. The fourth-order valence-electron chi connectivity index (χ4n) is 1.13. The van der Waals surface area contributed by atoms with Crippen molar-refractivity contribution in [3.8, 4) is 0 Å². The van der Waals surface area contributed by atoms with Gasteiger partial charge in [0.05, 0.1) is 12.7 Å². The van der Waals surface area contributed by atoms with E-state index in [-0.39, 0.29) is 0 Å². The first-order valence-electron chi connectivity index (χ1n) is 4.44. The number of hydrogen-bond donors (Lipinski definition) is 1. The normalized spacial score (nSPS) is 23.8. The van der Waals surface area contributed by atoms with Crippen LogP contribution < -0.4 is 5.32 Å². The third-order valence-corrected chi connectivity index (χ3v) is 1.87. The molecule has 12 heavy (non-hydrogen) atoms. The van der Waals surface area contributed by atoms with E-state index in [1.54, 1.807) is 0 Å².